The molecule has 0 atom stereocenters. The van der Waals surface area contributed by atoms with Gasteiger partial charge in [0.05, 0.1) is 23.1 Å². The Kier molecular flexibility index (Phi) is 1.83. The number of hydrogen-bond donors (Lipinski definition) is 1. The molecule has 0 spiro atoms. The molecule has 2 N–H and O–H groups in total. The Bertz CT molecular complexity index is 643. The second kappa shape index (κ2) is 3.30. The lowest BCUT2D eigenvalue weighted by Gasteiger charge is -2.03. The van der Waals surface area contributed by atoms with Crippen molar-refractivity contribution in [3.05, 3.63) is 42.7 Å². The first-order valence-electron chi connectivity index (χ1n) is 4.86. The normalized spacial score (nSPS) is 10.8. The molecule has 5 heteroatoms. The third-order valence-corrected chi connectivity index (χ3v) is 2.36. The number of nitrogen functional groups attached to an aromatic ring is 1. The molecule has 0 aliphatic rings. The highest BCUT2D eigenvalue weighted by Crippen LogP contribution is 2.18. The monoisotopic (exact) mass is 211 g/mol. The van der Waals surface area contributed by atoms with Gasteiger partial charge in [-0.25, -0.2) is 14.5 Å². The fourth-order valence-electron chi connectivity index (χ4n) is 1.66. The number of nitrogens with zero attached hydrogens (tertiary/aromatic N) is 4. The minimum Gasteiger partial charge on any atom is -0.368 e. The molecule has 0 amide bonds. The molecule has 0 aliphatic carbocycles. The van der Waals surface area contributed by atoms with Crippen LogP contribution in [0, 0.1) is 0 Å². The standard InChI is InChI=1S/C11H9N5/c12-11-13-6-5-9(15-11)10-3-1-2-8-4-7-14-16(8)10/h1-7H,(H2,12,13,15). The molecule has 16 heavy (non-hydrogen) atoms. The molecule has 0 bridgehead atoms. The minimum absolute atomic E-state index is 0.265. The average Bonchev–Trinajstić information content (AvgIpc) is 2.76. The maximum Gasteiger partial charge on any atom is 0.220 e. The Hall–Kier alpha value is -2.43. The molecule has 0 fully saturated rings. The third kappa shape index (κ3) is 1.30. The lowest BCUT2D eigenvalue weighted by atomic mass is 10.2. The molecule has 0 aromatic carbocycles. The Morgan fingerprint density at radius 1 is 1.06 bits per heavy atom. The predicted octanol–water partition coefficient (Wildman–Crippen LogP) is 1.37. The van der Waals surface area contributed by atoms with E-state index in [-0.39, 0.29) is 5.95 Å². The van der Waals surface area contributed by atoms with E-state index in [9.17, 15) is 0 Å². The van der Waals surface area contributed by atoms with Crippen molar-refractivity contribution in [2.45, 2.75) is 0 Å². The molecule has 0 aliphatic heterocycles. The van der Waals surface area contributed by atoms with Gasteiger partial charge in [0.25, 0.3) is 0 Å². The summed E-state index contributed by atoms with van der Waals surface area (Å²) in [6.45, 7) is 0. The highest BCUT2D eigenvalue weighted by Gasteiger charge is 2.05. The van der Waals surface area contributed by atoms with Crippen molar-refractivity contribution < 1.29 is 0 Å². The fraction of sp³-hybridized carbons (Fsp3) is 0. The molecule has 78 valence electrons. The molecular formula is C11H9N5. The van der Waals surface area contributed by atoms with E-state index in [4.69, 9.17) is 5.73 Å². The number of rotatable bonds is 1. The third-order valence-electron chi connectivity index (χ3n) is 2.36. The molecule has 3 aromatic rings. The highest BCUT2D eigenvalue weighted by molar-refractivity contribution is 5.61. The summed E-state index contributed by atoms with van der Waals surface area (Å²) in [6, 6.07) is 9.65. The van der Waals surface area contributed by atoms with Crippen LogP contribution in [0.2, 0.25) is 0 Å². The van der Waals surface area contributed by atoms with Crippen molar-refractivity contribution in [2.75, 3.05) is 5.73 Å². The van der Waals surface area contributed by atoms with Crippen LogP contribution in [-0.2, 0) is 0 Å². The van der Waals surface area contributed by atoms with Crippen LogP contribution in [0.3, 0.4) is 0 Å². The van der Waals surface area contributed by atoms with Crippen molar-refractivity contribution in [1.82, 2.24) is 19.6 Å². The quantitative estimate of drug-likeness (QED) is 0.660. The maximum atomic E-state index is 5.56. The first kappa shape index (κ1) is 8.84. The van der Waals surface area contributed by atoms with E-state index in [2.05, 4.69) is 15.1 Å². The van der Waals surface area contributed by atoms with Crippen molar-refractivity contribution in [3.63, 3.8) is 0 Å². The summed E-state index contributed by atoms with van der Waals surface area (Å²) < 4.78 is 1.82. The van der Waals surface area contributed by atoms with Gasteiger partial charge in [0.15, 0.2) is 0 Å². The van der Waals surface area contributed by atoms with Gasteiger partial charge >= 0.3 is 0 Å². The van der Waals surface area contributed by atoms with Crippen LogP contribution in [0.4, 0.5) is 5.95 Å². The van der Waals surface area contributed by atoms with E-state index in [0.29, 0.717) is 0 Å². The summed E-state index contributed by atoms with van der Waals surface area (Å²) in [5.74, 6) is 0.265. The van der Waals surface area contributed by atoms with Crippen molar-refractivity contribution in [1.29, 1.82) is 0 Å². The van der Waals surface area contributed by atoms with Gasteiger partial charge in [0, 0.05) is 6.20 Å². The van der Waals surface area contributed by atoms with Crippen LogP contribution in [0.25, 0.3) is 16.9 Å². The number of anilines is 1. The maximum absolute atomic E-state index is 5.56. The number of pyridine rings is 1. The molecule has 3 aromatic heterocycles. The summed E-state index contributed by atoms with van der Waals surface area (Å²) in [7, 11) is 0. The van der Waals surface area contributed by atoms with Gasteiger partial charge in [-0.15, -0.1) is 0 Å². The average molecular weight is 211 g/mol. The van der Waals surface area contributed by atoms with E-state index in [1.807, 2.05) is 34.8 Å². The molecule has 0 radical (unpaired) electrons. The topological polar surface area (TPSA) is 69.1 Å². The summed E-state index contributed by atoms with van der Waals surface area (Å²) in [5.41, 5.74) is 8.25. The van der Waals surface area contributed by atoms with Crippen LogP contribution >= 0.6 is 0 Å². The summed E-state index contributed by atoms with van der Waals surface area (Å²) in [5, 5.41) is 4.24. The Morgan fingerprint density at radius 2 is 2.00 bits per heavy atom. The Balaban J connectivity index is 2.29. The fourth-order valence-corrected chi connectivity index (χ4v) is 1.66. The zero-order chi connectivity index (χ0) is 11.0. The van der Waals surface area contributed by atoms with Gasteiger partial charge in [-0.05, 0) is 24.3 Å². The van der Waals surface area contributed by atoms with Crippen molar-refractivity contribution in [2.24, 2.45) is 0 Å². The number of fused-ring (bicyclic) bond motifs is 1. The predicted molar refractivity (Wildman–Crippen MR) is 60.6 cm³/mol. The van der Waals surface area contributed by atoms with Gasteiger partial charge in [0.1, 0.15) is 0 Å². The number of nitrogens with two attached hydrogens (primary N) is 1. The Morgan fingerprint density at radius 3 is 2.88 bits per heavy atom. The number of hydrogen-bond acceptors (Lipinski definition) is 4. The second-order valence-electron chi connectivity index (χ2n) is 3.38. The lowest BCUT2D eigenvalue weighted by Crippen LogP contribution is -1.99. The molecular weight excluding hydrogens is 202 g/mol. The summed E-state index contributed by atoms with van der Waals surface area (Å²) in [6.07, 6.45) is 3.39. The van der Waals surface area contributed by atoms with E-state index in [1.165, 1.54) is 0 Å². The number of aromatic nitrogens is 4. The molecule has 3 heterocycles. The van der Waals surface area contributed by atoms with Crippen LogP contribution < -0.4 is 5.73 Å². The van der Waals surface area contributed by atoms with Crippen LogP contribution in [0.1, 0.15) is 0 Å². The molecule has 0 unspecified atom stereocenters. The Labute approximate surface area is 91.6 Å². The van der Waals surface area contributed by atoms with Crippen molar-refractivity contribution >= 4 is 11.5 Å². The van der Waals surface area contributed by atoms with E-state index in [1.54, 1.807) is 12.4 Å². The van der Waals surface area contributed by atoms with Gasteiger partial charge in [-0.3, -0.25) is 0 Å². The smallest absolute Gasteiger partial charge is 0.220 e. The second-order valence-corrected chi connectivity index (χ2v) is 3.38. The summed E-state index contributed by atoms with van der Waals surface area (Å²) in [4.78, 5) is 8.05. The largest absolute Gasteiger partial charge is 0.368 e. The first-order valence-corrected chi connectivity index (χ1v) is 4.86. The first-order chi connectivity index (χ1) is 7.84. The summed E-state index contributed by atoms with van der Waals surface area (Å²) >= 11 is 0. The van der Waals surface area contributed by atoms with Crippen LogP contribution in [0.5, 0.6) is 0 Å². The lowest BCUT2D eigenvalue weighted by molar-refractivity contribution is 0.961. The van der Waals surface area contributed by atoms with E-state index in [0.717, 1.165) is 16.9 Å². The van der Waals surface area contributed by atoms with Crippen molar-refractivity contribution in [3.8, 4) is 11.4 Å². The highest BCUT2D eigenvalue weighted by atomic mass is 15.2. The molecule has 3 rings (SSSR count). The van der Waals surface area contributed by atoms with Gasteiger partial charge < -0.3 is 5.73 Å². The van der Waals surface area contributed by atoms with Crippen LogP contribution in [0.15, 0.2) is 42.7 Å². The molecule has 0 saturated heterocycles. The SMILES string of the molecule is Nc1nccc(-c2cccc3ccnn23)n1. The van der Waals surface area contributed by atoms with Gasteiger partial charge in [-0.2, -0.15) is 5.10 Å². The van der Waals surface area contributed by atoms with E-state index < -0.39 is 0 Å². The van der Waals surface area contributed by atoms with Gasteiger partial charge in [0.2, 0.25) is 5.95 Å². The minimum atomic E-state index is 0.265. The van der Waals surface area contributed by atoms with Crippen LogP contribution in [-0.4, -0.2) is 19.6 Å². The zero-order valence-corrected chi connectivity index (χ0v) is 8.41. The zero-order valence-electron chi connectivity index (χ0n) is 8.41. The van der Waals surface area contributed by atoms with E-state index >= 15 is 0 Å². The molecule has 5 nitrogen and oxygen atoms in total. The van der Waals surface area contributed by atoms with Gasteiger partial charge in [-0.1, -0.05) is 6.07 Å². The molecule has 0 saturated carbocycles.